The van der Waals surface area contributed by atoms with Crippen LogP contribution in [0.15, 0.2) is 131 Å². The van der Waals surface area contributed by atoms with Gasteiger partial charge in [0.2, 0.25) is 0 Å². The van der Waals surface area contributed by atoms with E-state index in [4.69, 9.17) is 0 Å². The molecule has 1 aliphatic heterocycles. The average molecular weight is 461 g/mol. The Labute approximate surface area is 207 Å². The molecule has 7 aromatic carbocycles. The Morgan fingerprint density at radius 1 is 0.371 bits per heavy atom. The van der Waals surface area contributed by atoms with Crippen LogP contribution in [0, 0.1) is 0 Å². The van der Waals surface area contributed by atoms with Gasteiger partial charge < -0.3 is 0 Å². The summed E-state index contributed by atoms with van der Waals surface area (Å²) < 4.78 is 0. The normalized spacial score (nSPS) is 12.5. The van der Waals surface area contributed by atoms with Gasteiger partial charge in [0.25, 0.3) is 0 Å². The van der Waals surface area contributed by atoms with Crippen molar-refractivity contribution in [2.45, 2.75) is 9.79 Å². The summed E-state index contributed by atoms with van der Waals surface area (Å²) in [5, 5.41) is 10.5. The minimum absolute atomic E-state index is 1.28. The van der Waals surface area contributed by atoms with E-state index in [1.54, 1.807) is 0 Å². The molecule has 0 fully saturated rings. The molecule has 0 bridgehead atoms. The van der Waals surface area contributed by atoms with Crippen molar-refractivity contribution in [1.29, 1.82) is 0 Å². The van der Waals surface area contributed by atoms with Crippen molar-refractivity contribution in [3.8, 4) is 22.3 Å². The van der Waals surface area contributed by atoms with Crippen LogP contribution in [0.1, 0.15) is 0 Å². The van der Waals surface area contributed by atoms with Crippen molar-refractivity contribution in [1.82, 2.24) is 0 Å². The minimum atomic E-state index is 1.28. The first-order valence-corrected chi connectivity index (χ1v) is 12.8. The highest BCUT2D eigenvalue weighted by Crippen LogP contribution is 2.51. The van der Waals surface area contributed by atoms with Crippen molar-refractivity contribution in [3.63, 3.8) is 0 Å². The van der Waals surface area contributed by atoms with Crippen LogP contribution in [-0.4, -0.2) is 0 Å². The molecule has 0 saturated carbocycles. The average Bonchev–Trinajstić information content (AvgIpc) is 2.92. The third-order valence-electron chi connectivity index (χ3n) is 7.44. The molecule has 0 saturated heterocycles. The highest BCUT2D eigenvalue weighted by molar-refractivity contribution is 7.99. The molecular weight excluding hydrogens is 440 g/mol. The van der Waals surface area contributed by atoms with Crippen LogP contribution in [0.3, 0.4) is 0 Å². The second-order valence-electron chi connectivity index (χ2n) is 9.29. The lowest BCUT2D eigenvalue weighted by Gasteiger charge is -2.22. The number of hydrogen-bond acceptors (Lipinski definition) is 1. The summed E-state index contributed by atoms with van der Waals surface area (Å²) in [6, 6.07) is 44.8. The quantitative estimate of drug-likeness (QED) is 0.173. The van der Waals surface area contributed by atoms with Gasteiger partial charge in [-0.05, 0) is 78.2 Å². The molecule has 162 valence electrons. The number of hydrogen-bond donors (Lipinski definition) is 0. The van der Waals surface area contributed by atoms with Gasteiger partial charge >= 0.3 is 0 Å². The van der Waals surface area contributed by atoms with Gasteiger partial charge in [-0.1, -0.05) is 115 Å². The summed E-state index contributed by atoms with van der Waals surface area (Å²) in [6.45, 7) is 0. The zero-order valence-electron chi connectivity index (χ0n) is 19.0. The molecule has 0 amide bonds. The Morgan fingerprint density at radius 2 is 1.11 bits per heavy atom. The topological polar surface area (TPSA) is 0 Å². The molecule has 0 N–H and O–H groups in total. The maximum absolute atomic E-state index is 2.37. The fourth-order valence-corrected chi connectivity index (χ4v) is 7.04. The van der Waals surface area contributed by atoms with Crippen molar-refractivity contribution >= 4 is 54.9 Å². The maximum atomic E-state index is 2.37. The Kier molecular flexibility index (Phi) is 3.97. The Morgan fingerprint density at radius 3 is 2.06 bits per heavy atom. The van der Waals surface area contributed by atoms with E-state index >= 15 is 0 Å². The van der Waals surface area contributed by atoms with Crippen LogP contribution >= 0.6 is 11.8 Å². The van der Waals surface area contributed by atoms with Crippen LogP contribution in [0.5, 0.6) is 0 Å². The number of fused-ring (bicyclic) bond motifs is 6. The molecule has 0 aliphatic carbocycles. The van der Waals surface area contributed by atoms with Gasteiger partial charge in [0.05, 0.1) is 0 Å². The van der Waals surface area contributed by atoms with Gasteiger partial charge in [-0.2, -0.15) is 0 Å². The highest BCUT2D eigenvalue weighted by Gasteiger charge is 2.22. The molecule has 0 unspecified atom stereocenters. The van der Waals surface area contributed by atoms with Gasteiger partial charge in [0.1, 0.15) is 0 Å². The molecule has 7 aromatic rings. The van der Waals surface area contributed by atoms with Gasteiger partial charge in [0, 0.05) is 15.2 Å². The van der Waals surface area contributed by atoms with Gasteiger partial charge in [-0.3, -0.25) is 0 Å². The molecule has 35 heavy (non-hydrogen) atoms. The predicted molar refractivity (Wildman–Crippen MR) is 151 cm³/mol. The van der Waals surface area contributed by atoms with Gasteiger partial charge in [-0.15, -0.1) is 0 Å². The van der Waals surface area contributed by atoms with Gasteiger partial charge in [-0.25, -0.2) is 0 Å². The number of benzene rings is 7. The lowest BCUT2D eigenvalue weighted by Crippen LogP contribution is -1.95. The summed E-state index contributed by atoms with van der Waals surface area (Å²) in [5.41, 5.74) is 5.31. The van der Waals surface area contributed by atoms with Crippen molar-refractivity contribution in [3.05, 3.63) is 121 Å². The molecule has 1 heterocycles. The van der Waals surface area contributed by atoms with E-state index in [1.165, 1.54) is 75.1 Å². The van der Waals surface area contributed by atoms with Crippen molar-refractivity contribution in [2.75, 3.05) is 0 Å². The molecule has 0 spiro atoms. The van der Waals surface area contributed by atoms with Crippen LogP contribution in [-0.2, 0) is 0 Å². The second kappa shape index (κ2) is 7.21. The monoisotopic (exact) mass is 460 g/mol. The summed E-state index contributed by atoms with van der Waals surface area (Å²) in [4.78, 5) is 2.68. The van der Waals surface area contributed by atoms with E-state index in [1.807, 2.05) is 11.8 Å². The summed E-state index contributed by atoms with van der Waals surface area (Å²) >= 11 is 1.89. The summed E-state index contributed by atoms with van der Waals surface area (Å²) in [5.74, 6) is 0. The largest absolute Gasteiger partial charge is 0.0888 e. The third-order valence-corrected chi connectivity index (χ3v) is 8.57. The van der Waals surface area contributed by atoms with Gasteiger partial charge in [0.15, 0.2) is 0 Å². The summed E-state index contributed by atoms with van der Waals surface area (Å²) in [6.07, 6.45) is 0. The molecule has 1 aliphatic rings. The maximum Gasteiger partial charge on any atom is 0.0207 e. The van der Waals surface area contributed by atoms with E-state index in [9.17, 15) is 0 Å². The van der Waals surface area contributed by atoms with E-state index in [-0.39, 0.29) is 0 Å². The van der Waals surface area contributed by atoms with Crippen LogP contribution in [0.2, 0.25) is 0 Å². The number of rotatable bonds is 1. The first-order chi connectivity index (χ1) is 17.4. The first-order valence-electron chi connectivity index (χ1n) is 12.0. The lowest BCUT2D eigenvalue weighted by molar-refractivity contribution is 1.40. The minimum Gasteiger partial charge on any atom is -0.0888 e. The van der Waals surface area contributed by atoms with Crippen LogP contribution in [0.25, 0.3) is 65.3 Å². The van der Waals surface area contributed by atoms with Crippen molar-refractivity contribution < 1.29 is 0 Å². The van der Waals surface area contributed by atoms with E-state index in [0.29, 0.717) is 0 Å². The Hall–Kier alpha value is -4.07. The van der Waals surface area contributed by atoms with Crippen LogP contribution in [0.4, 0.5) is 0 Å². The fraction of sp³-hybridized carbons (Fsp3) is 0. The first kappa shape index (κ1) is 19.3. The molecule has 8 rings (SSSR count). The molecule has 0 atom stereocenters. The zero-order valence-corrected chi connectivity index (χ0v) is 19.8. The van der Waals surface area contributed by atoms with E-state index in [2.05, 4.69) is 121 Å². The second-order valence-corrected chi connectivity index (χ2v) is 10.4. The summed E-state index contributed by atoms with van der Waals surface area (Å²) in [7, 11) is 0. The predicted octanol–water partition coefficient (Wildman–Crippen LogP) is 10.1. The smallest absolute Gasteiger partial charge is 0.0207 e. The Balaban J connectivity index is 1.55. The molecule has 1 heteroatoms. The fourth-order valence-electron chi connectivity index (χ4n) is 5.91. The molecular formula is C34H20S. The standard InChI is InChI=1S/C34H20S/c1-3-10-23-21(8-1)16-17-29-30(23)20-22-9-2-4-11-24(22)33(29)28-18-19-32-34-26(13-7-14-27(28)34)25-12-5-6-15-31(25)35-32/h1-20H. The molecule has 0 nitrogen and oxygen atoms in total. The lowest BCUT2D eigenvalue weighted by atomic mass is 9.86. The molecule has 0 aromatic heterocycles. The molecule has 0 radical (unpaired) electrons. The zero-order chi connectivity index (χ0) is 22.9. The Bertz CT molecular complexity index is 1980. The van der Waals surface area contributed by atoms with E-state index in [0.717, 1.165) is 0 Å². The third kappa shape index (κ3) is 2.70. The van der Waals surface area contributed by atoms with Crippen LogP contribution < -0.4 is 0 Å². The van der Waals surface area contributed by atoms with E-state index < -0.39 is 0 Å². The highest BCUT2D eigenvalue weighted by atomic mass is 32.2. The SMILES string of the molecule is c1ccc2c(c1)Sc1ccc(-c3c4ccccc4cc4c3ccc3ccccc34)c3cccc-2c13. The van der Waals surface area contributed by atoms with Crippen molar-refractivity contribution in [2.24, 2.45) is 0 Å².